The van der Waals surface area contributed by atoms with E-state index in [1.165, 1.54) is 5.56 Å². The Morgan fingerprint density at radius 3 is 2.57 bits per heavy atom. The molecule has 1 saturated carbocycles. The van der Waals surface area contributed by atoms with Crippen molar-refractivity contribution in [1.29, 1.82) is 0 Å². The molecule has 1 aromatic carbocycles. The van der Waals surface area contributed by atoms with Gasteiger partial charge in [-0.1, -0.05) is 6.07 Å². The van der Waals surface area contributed by atoms with Crippen molar-refractivity contribution in [2.45, 2.75) is 39.2 Å². The van der Waals surface area contributed by atoms with E-state index < -0.39 is 0 Å². The second-order valence-electron chi connectivity index (χ2n) is 6.45. The van der Waals surface area contributed by atoms with Crippen molar-refractivity contribution in [3.8, 4) is 0 Å². The van der Waals surface area contributed by atoms with Gasteiger partial charge in [0, 0.05) is 45.2 Å². The van der Waals surface area contributed by atoms with Crippen LogP contribution in [0.15, 0.2) is 18.2 Å². The normalized spacial score (nSPS) is 13.5. The molecule has 0 radical (unpaired) electrons. The average molecular weight is 317 g/mol. The Hall–Kier alpha value is -2.04. The zero-order chi connectivity index (χ0) is 16.8. The van der Waals surface area contributed by atoms with Crippen molar-refractivity contribution < 1.29 is 9.59 Å². The number of anilines is 1. The minimum atomic E-state index is 0.0294. The van der Waals surface area contributed by atoms with Crippen LogP contribution < -0.4 is 15.5 Å². The maximum absolute atomic E-state index is 11.9. The number of benzene rings is 1. The number of carbonyl (C=O) groups excluding carboxylic acids is 2. The summed E-state index contributed by atoms with van der Waals surface area (Å²) in [4.78, 5) is 25.4. The number of nitrogens with one attached hydrogen (secondary N) is 2. The van der Waals surface area contributed by atoms with Crippen LogP contribution in [0.4, 0.5) is 5.69 Å². The van der Waals surface area contributed by atoms with Crippen LogP contribution in [-0.4, -0.2) is 32.5 Å². The molecule has 0 heterocycles. The fraction of sp³-hybridized carbons (Fsp3) is 0.556. The average Bonchev–Trinajstić information content (AvgIpc) is 3.34. The van der Waals surface area contributed by atoms with E-state index in [2.05, 4.69) is 40.7 Å². The summed E-state index contributed by atoms with van der Waals surface area (Å²) in [6.07, 6.45) is 3.15. The lowest BCUT2D eigenvalue weighted by Crippen LogP contribution is -2.28. The molecule has 1 aromatic rings. The smallest absolute Gasteiger partial charge is 0.223 e. The molecule has 2 rings (SSSR count). The Labute approximate surface area is 138 Å². The van der Waals surface area contributed by atoms with Gasteiger partial charge in [-0.15, -0.1) is 0 Å². The number of carbonyl (C=O) groups is 2. The summed E-state index contributed by atoms with van der Waals surface area (Å²) in [6, 6.07) is 6.23. The minimum Gasteiger partial charge on any atom is -0.378 e. The van der Waals surface area contributed by atoms with Crippen molar-refractivity contribution in [2.24, 2.45) is 5.92 Å². The Bertz CT molecular complexity index is 565. The topological polar surface area (TPSA) is 61.4 Å². The summed E-state index contributed by atoms with van der Waals surface area (Å²) in [5.74, 6) is 0.403. The lowest BCUT2D eigenvalue weighted by atomic mass is 10.1. The van der Waals surface area contributed by atoms with Crippen molar-refractivity contribution in [1.82, 2.24) is 10.6 Å². The number of hydrogen-bond donors (Lipinski definition) is 2. The molecule has 0 spiro atoms. The Morgan fingerprint density at radius 1 is 1.22 bits per heavy atom. The van der Waals surface area contributed by atoms with Gasteiger partial charge in [0.15, 0.2) is 0 Å². The largest absolute Gasteiger partial charge is 0.378 e. The molecule has 23 heavy (non-hydrogen) atoms. The first-order valence-electron chi connectivity index (χ1n) is 8.28. The third-order valence-corrected chi connectivity index (χ3v) is 4.15. The molecule has 0 atom stereocenters. The Kier molecular flexibility index (Phi) is 6.02. The van der Waals surface area contributed by atoms with Crippen molar-refractivity contribution in [3.63, 3.8) is 0 Å². The van der Waals surface area contributed by atoms with Crippen LogP contribution in [0.25, 0.3) is 0 Å². The maximum Gasteiger partial charge on any atom is 0.223 e. The van der Waals surface area contributed by atoms with Crippen molar-refractivity contribution in [3.05, 3.63) is 29.3 Å². The van der Waals surface area contributed by atoms with Crippen LogP contribution in [0.3, 0.4) is 0 Å². The molecule has 1 fully saturated rings. The van der Waals surface area contributed by atoms with E-state index in [9.17, 15) is 9.59 Å². The van der Waals surface area contributed by atoms with Crippen LogP contribution in [0.5, 0.6) is 0 Å². The minimum absolute atomic E-state index is 0.0294. The molecule has 0 unspecified atom stereocenters. The van der Waals surface area contributed by atoms with Gasteiger partial charge in [0.05, 0.1) is 0 Å². The van der Waals surface area contributed by atoms with Gasteiger partial charge in [0.2, 0.25) is 11.8 Å². The Morgan fingerprint density at radius 2 is 1.96 bits per heavy atom. The predicted molar refractivity (Wildman–Crippen MR) is 92.3 cm³/mol. The Balaban J connectivity index is 1.66. The summed E-state index contributed by atoms with van der Waals surface area (Å²) >= 11 is 0. The summed E-state index contributed by atoms with van der Waals surface area (Å²) in [5.41, 5.74) is 3.46. The number of rotatable bonds is 8. The van der Waals surface area contributed by atoms with Gasteiger partial charge >= 0.3 is 0 Å². The quantitative estimate of drug-likeness (QED) is 0.721. The second-order valence-corrected chi connectivity index (χ2v) is 6.45. The van der Waals surface area contributed by atoms with E-state index in [0.29, 0.717) is 25.9 Å². The zero-order valence-corrected chi connectivity index (χ0v) is 14.3. The summed E-state index contributed by atoms with van der Waals surface area (Å²) in [7, 11) is 4.02. The third kappa shape index (κ3) is 5.58. The highest BCUT2D eigenvalue weighted by atomic mass is 16.2. The fourth-order valence-corrected chi connectivity index (χ4v) is 2.39. The molecule has 2 N–H and O–H groups in total. The number of aryl methyl sites for hydroxylation is 1. The van der Waals surface area contributed by atoms with Gasteiger partial charge < -0.3 is 15.5 Å². The van der Waals surface area contributed by atoms with Gasteiger partial charge in [0.25, 0.3) is 0 Å². The number of amides is 2. The molecule has 0 saturated heterocycles. The van der Waals surface area contributed by atoms with E-state index in [1.54, 1.807) is 0 Å². The van der Waals surface area contributed by atoms with E-state index in [0.717, 1.165) is 24.1 Å². The van der Waals surface area contributed by atoms with Gasteiger partial charge in [-0.25, -0.2) is 0 Å². The molecular formula is C18H27N3O2. The molecular weight excluding hydrogens is 290 g/mol. The first-order valence-corrected chi connectivity index (χ1v) is 8.28. The number of nitrogens with zero attached hydrogens (tertiary/aromatic N) is 1. The molecule has 1 aliphatic carbocycles. The van der Waals surface area contributed by atoms with E-state index in [-0.39, 0.29) is 17.7 Å². The summed E-state index contributed by atoms with van der Waals surface area (Å²) < 4.78 is 0. The molecule has 2 amide bonds. The predicted octanol–water partition coefficient (Wildman–Crippen LogP) is 1.98. The molecule has 0 aromatic heterocycles. The standard InChI is InChI=1S/C18H27N3O2/c1-13-11-16(21(2)3)9-8-15(13)12-20-17(22)5-4-10-19-18(23)14-6-7-14/h8-9,11,14H,4-7,10,12H2,1-3H3,(H,19,23)(H,20,22). The van der Waals surface area contributed by atoms with E-state index in [1.807, 2.05) is 14.1 Å². The molecule has 0 bridgehead atoms. The van der Waals surface area contributed by atoms with Gasteiger partial charge in [-0.2, -0.15) is 0 Å². The lowest BCUT2D eigenvalue weighted by Gasteiger charge is -2.15. The van der Waals surface area contributed by atoms with Gasteiger partial charge in [-0.3, -0.25) is 9.59 Å². The van der Waals surface area contributed by atoms with Gasteiger partial charge in [-0.05, 0) is 49.4 Å². The number of hydrogen-bond acceptors (Lipinski definition) is 3. The fourth-order valence-electron chi connectivity index (χ4n) is 2.39. The zero-order valence-electron chi connectivity index (χ0n) is 14.3. The maximum atomic E-state index is 11.9. The van der Waals surface area contributed by atoms with Crippen molar-refractivity contribution >= 4 is 17.5 Å². The molecule has 126 valence electrons. The molecule has 5 heteroatoms. The second kappa shape index (κ2) is 7.99. The van der Waals surface area contributed by atoms with Crippen molar-refractivity contribution in [2.75, 3.05) is 25.5 Å². The van der Waals surface area contributed by atoms with Crippen LogP contribution in [0.1, 0.15) is 36.8 Å². The summed E-state index contributed by atoms with van der Waals surface area (Å²) in [5, 5.41) is 5.82. The van der Waals surface area contributed by atoms with Crippen LogP contribution in [0, 0.1) is 12.8 Å². The first kappa shape index (κ1) is 17.3. The van der Waals surface area contributed by atoms with E-state index in [4.69, 9.17) is 0 Å². The monoisotopic (exact) mass is 317 g/mol. The lowest BCUT2D eigenvalue weighted by molar-refractivity contribution is -0.123. The van der Waals surface area contributed by atoms with Crippen LogP contribution in [-0.2, 0) is 16.1 Å². The van der Waals surface area contributed by atoms with Gasteiger partial charge in [0.1, 0.15) is 0 Å². The first-order chi connectivity index (χ1) is 11.0. The highest BCUT2D eigenvalue weighted by Crippen LogP contribution is 2.28. The third-order valence-electron chi connectivity index (χ3n) is 4.15. The van der Waals surface area contributed by atoms with Crippen LogP contribution in [0.2, 0.25) is 0 Å². The SMILES string of the molecule is Cc1cc(N(C)C)ccc1CNC(=O)CCCNC(=O)C1CC1. The molecule has 5 nitrogen and oxygen atoms in total. The summed E-state index contributed by atoms with van der Waals surface area (Å²) in [6.45, 7) is 3.19. The molecule has 0 aliphatic heterocycles. The molecule has 1 aliphatic rings. The van der Waals surface area contributed by atoms with Crippen LogP contribution >= 0.6 is 0 Å². The highest BCUT2D eigenvalue weighted by Gasteiger charge is 2.28. The highest BCUT2D eigenvalue weighted by molar-refractivity contribution is 5.81. The van der Waals surface area contributed by atoms with E-state index >= 15 is 0 Å².